The Morgan fingerprint density at radius 3 is 2.60 bits per heavy atom. The Bertz CT molecular complexity index is 612. The third-order valence-corrected chi connectivity index (χ3v) is 4.60. The largest absolute Gasteiger partial charge is 0.416 e. The van der Waals surface area contributed by atoms with Gasteiger partial charge in [0.2, 0.25) is 0 Å². The molecule has 1 aromatic heterocycles. The highest BCUT2D eigenvalue weighted by atomic mass is 32.2. The molecule has 0 saturated carbocycles. The number of thiophene rings is 1. The summed E-state index contributed by atoms with van der Waals surface area (Å²) in [5.41, 5.74) is -1.52. The van der Waals surface area contributed by atoms with Crippen molar-refractivity contribution in [2.24, 2.45) is 0 Å². The molecule has 0 aliphatic heterocycles. The van der Waals surface area contributed by atoms with Crippen LogP contribution in [0.4, 0.5) is 18.9 Å². The molecule has 106 valence electrons. The summed E-state index contributed by atoms with van der Waals surface area (Å²) in [6.07, 6.45) is -4.58. The van der Waals surface area contributed by atoms with Crippen molar-refractivity contribution >= 4 is 28.8 Å². The molecule has 0 N–H and O–H groups in total. The first-order valence-electron chi connectivity index (χ1n) is 5.39. The summed E-state index contributed by atoms with van der Waals surface area (Å²) in [6, 6.07) is 6.31. The summed E-state index contributed by atoms with van der Waals surface area (Å²) < 4.78 is 37.6. The Hall–Kier alpha value is -1.54. The summed E-state index contributed by atoms with van der Waals surface area (Å²) in [5.74, 6) is 0.490. The van der Waals surface area contributed by atoms with E-state index in [1.807, 2.05) is 17.5 Å². The standard InChI is InChI=1S/C12H8F3NO2S2/c13-12(14,15)8-3-4-11(10(6-8)16(17)18)20-7-9-2-1-5-19-9/h1-6H,7H2. The predicted molar refractivity (Wildman–Crippen MR) is 72.0 cm³/mol. The summed E-state index contributed by atoms with van der Waals surface area (Å²) in [7, 11) is 0. The van der Waals surface area contributed by atoms with Crippen LogP contribution in [0.3, 0.4) is 0 Å². The van der Waals surface area contributed by atoms with Crippen molar-refractivity contribution in [1.82, 2.24) is 0 Å². The summed E-state index contributed by atoms with van der Waals surface area (Å²) in [5, 5.41) is 12.8. The van der Waals surface area contributed by atoms with Crippen molar-refractivity contribution in [2.75, 3.05) is 0 Å². The molecule has 2 rings (SSSR count). The first kappa shape index (κ1) is 14.9. The predicted octanol–water partition coefficient (Wildman–Crippen LogP) is 4.97. The molecule has 0 unspecified atom stereocenters. The average Bonchev–Trinajstić information content (AvgIpc) is 2.88. The van der Waals surface area contributed by atoms with Gasteiger partial charge in [0.15, 0.2) is 0 Å². The van der Waals surface area contributed by atoms with Crippen LogP contribution in [0.5, 0.6) is 0 Å². The van der Waals surface area contributed by atoms with E-state index in [9.17, 15) is 23.3 Å². The summed E-state index contributed by atoms with van der Waals surface area (Å²) >= 11 is 2.65. The van der Waals surface area contributed by atoms with Gasteiger partial charge in [0.1, 0.15) is 0 Å². The van der Waals surface area contributed by atoms with Crippen molar-refractivity contribution in [1.29, 1.82) is 0 Å². The fourth-order valence-corrected chi connectivity index (χ4v) is 3.28. The van der Waals surface area contributed by atoms with Crippen molar-refractivity contribution in [2.45, 2.75) is 16.8 Å². The van der Waals surface area contributed by atoms with E-state index < -0.39 is 22.4 Å². The van der Waals surface area contributed by atoms with Gasteiger partial charge in [0.05, 0.1) is 15.4 Å². The van der Waals surface area contributed by atoms with Gasteiger partial charge in [0, 0.05) is 16.7 Å². The lowest BCUT2D eigenvalue weighted by molar-refractivity contribution is -0.388. The van der Waals surface area contributed by atoms with Crippen LogP contribution >= 0.6 is 23.1 Å². The van der Waals surface area contributed by atoms with Crippen LogP contribution in [-0.4, -0.2) is 4.92 Å². The monoisotopic (exact) mass is 319 g/mol. The molecule has 0 radical (unpaired) electrons. The van der Waals surface area contributed by atoms with Crippen LogP contribution in [0.25, 0.3) is 0 Å². The van der Waals surface area contributed by atoms with Gasteiger partial charge in [-0.15, -0.1) is 23.1 Å². The van der Waals surface area contributed by atoms with E-state index in [1.165, 1.54) is 11.3 Å². The quantitative estimate of drug-likeness (QED) is 0.454. The number of benzene rings is 1. The number of nitro benzene ring substituents is 1. The maximum absolute atomic E-state index is 12.5. The van der Waals surface area contributed by atoms with Crippen molar-refractivity contribution < 1.29 is 18.1 Å². The van der Waals surface area contributed by atoms with Gasteiger partial charge in [0.25, 0.3) is 5.69 Å². The van der Waals surface area contributed by atoms with E-state index in [0.29, 0.717) is 11.8 Å². The number of rotatable bonds is 4. The number of alkyl halides is 3. The molecule has 0 aliphatic rings. The van der Waals surface area contributed by atoms with Crippen LogP contribution in [0.1, 0.15) is 10.4 Å². The highest BCUT2D eigenvalue weighted by molar-refractivity contribution is 7.98. The molecule has 0 amide bonds. The SMILES string of the molecule is O=[N+]([O-])c1cc(C(F)(F)F)ccc1SCc1cccs1. The Morgan fingerprint density at radius 1 is 1.30 bits per heavy atom. The number of nitro groups is 1. The van der Waals surface area contributed by atoms with Gasteiger partial charge in [-0.25, -0.2) is 0 Å². The highest BCUT2D eigenvalue weighted by Gasteiger charge is 2.33. The minimum Gasteiger partial charge on any atom is -0.258 e. The minimum absolute atomic E-state index is 0.233. The van der Waals surface area contributed by atoms with E-state index in [4.69, 9.17) is 0 Å². The molecule has 0 fully saturated rings. The summed E-state index contributed by atoms with van der Waals surface area (Å²) in [4.78, 5) is 11.3. The van der Waals surface area contributed by atoms with Crippen molar-refractivity contribution in [3.05, 3.63) is 56.3 Å². The molecular weight excluding hydrogens is 311 g/mol. The first-order chi connectivity index (χ1) is 9.38. The normalized spacial score (nSPS) is 11.6. The molecule has 1 heterocycles. The molecule has 0 spiro atoms. The van der Waals surface area contributed by atoms with Gasteiger partial charge in [-0.05, 0) is 23.6 Å². The van der Waals surface area contributed by atoms with Crippen molar-refractivity contribution in [3.63, 3.8) is 0 Å². The lowest BCUT2D eigenvalue weighted by Crippen LogP contribution is -2.05. The number of nitrogens with zero attached hydrogens (tertiary/aromatic N) is 1. The highest BCUT2D eigenvalue weighted by Crippen LogP contribution is 2.37. The zero-order valence-corrected chi connectivity index (χ0v) is 11.5. The van der Waals surface area contributed by atoms with Crippen molar-refractivity contribution in [3.8, 4) is 0 Å². The number of hydrogen-bond donors (Lipinski definition) is 0. The fraction of sp³-hybridized carbons (Fsp3) is 0.167. The van der Waals surface area contributed by atoms with Gasteiger partial charge < -0.3 is 0 Å². The average molecular weight is 319 g/mol. The minimum atomic E-state index is -4.58. The Labute approximate surface area is 120 Å². The molecule has 0 aliphatic carbocycles. The zero-order valence-electron chi connectivity index (χ0n) is 9.89. The van der Waals surface area contributed by atoms with Gasteiger partial charge in [-0.3, -0.25) is 10.1 Å². The second-order valence-electron chi connectivity index (χ2n) is 3.81. The van der Waals surface area contributed by atoms with Gasteiger partial charge in [-0.1, -0.05) is 6.07 Å². The van der Waals surface area contributed by atoms with E-state index >= 15 is 0 Å². The van der Waals surface area contributed by atoms with Crippen LogP contribution in [0.2, 0.25) is 0 Å². The third-order valence-electron chi connectivity index (χ3n) is 2.43. The molecule has 8 heteroatoms. The molecule has 0 saturated heterocycles. The van der Waals surface area contributed by atoms with Crippen LogP contribution in [-0.2, 0) is 11.9 Å². The third kappa shape index (κ3) is 3.51. The number of halogens is 3. The molecule has 20 heavy (non-hydrogen) atoms. The number of hydrogen-bond acceptors (Lipinski definition) is 4. The molecule has 0 bridgehead atoms. The molecular formula is C12H8F3NO2S2. The van der Waals surface area contributed by atoms with Gasteiger partial charge in [-0.2, -0.15) is 13.2 Å². The zero-order chi connectivity index (χ0) is 14.8. The smallest absolute Gasteiger partial charge is 0.258 e. The van der Waals surface area contributed by atoms with E-state index in [2.05, 4.69) is 0 Å². The lowest BCUT2D eigenvalue weighted by Gasteiger charge is -2.08. The van der Waals surface area contributed by atoms with Gasteiger partial charge >= 0.3 is 6.18 Å². The van der Waals surface area contributed by atoms with E-state index in [0.717, 1.165) is 28.8 Å². The van der Waals surface area contributed by atoms with Crippen LogP contribution in [0.15, 0.2) is 40.6 Å². The molecule has 3 nitrogen and oxygen atoms in total. The Balaban J connectivity index is 2.26. The van der Waals surface area contributed by atoms with Crippen LogP contribution in [0, 0.1) is 10.1 Å². The Kier molecular flexibility index (Phi) is 4.34. The van der Waals surface area contributed by atoms with E-state index in [-0.39, 0.29) is 4.90 Å². The molecule has 2 aromatic rings. The maximum Gasteiger partial charge on any atom is 0.416 e. The summed E-state index contributed by atoms with van der Waals surface area (Å²) in [6.45, 7) is 0. The second kappa shape index (κ2) is 5.84. The second-order valence-corrected chi connectivity index (χ2v) is 5.85. The fourth-order valence-electron chi connectivity index (χ4n) is 1.50. The lowest BCUT2D eigenvalue weighted by atomic mass is 10.2. The topological polar surface area (TPSA) is 43.1 Å². The number of thioether (sulfide) groups is 1. The van der Waals surface area contributed by atoms with Crippen LogP contribution < -0.4 is 0 Å². The first-order valence-corrected chi connectivity index (χ1v) is 7.25. The van der Waals surface area contributed by atoms with E-state index in [1.54, 1.807) is 0 Å². The Morgan fingerprint density at radius 2 is 2.05 bits per heavy atom. The maximum atomic E-state index is 12.5. The molecule has 0 atom stereocenters. The molecule has 1 aromatic carbocycles.